The summed E-state index contributed by atoms with van der Waals surface area (Å²) < 4.78 is 18.4. The summed E-state index contributed by atoms with van der Waals surface area (Å²) in [5.41, 5.74) is 0.706. The highest BCUT2D eigenvalue weighted by Crippen LogP contribution is 2.26. The van der Waals surface area contributed by atoms with Gasteiger partial charge in [-0.15, -0.1) is 11.6 Å². The van der Waals surface area contributed by atoms with Crippen molar-refractivity contribution in [2.45, 2.75) is 5.88 Å². The number of halogens is 3. The summed E-state index contributed by atoms with van der Waals surface area (Å²) in [7, 11) is 0. The van der Waals surface area contributed by atoms with Crippen molar-refractivity contribution in [2.75, 3.05) is 0 Å². The van der Waals surface area contributed by atoms with Crippen LogP contribution in [0.4, 0.5) is 4.39 Å². The lowest BCUT2D eigenvalue weighted by molar-refractivity contribution is 0.479. The van der Waals surface area contributed by atoms with Gasteiger partial charge in [-0.25, -0.2) is 4.39 Å². The Labute approximate surface area is 108 Å². The Bertz CT molecular complexity index is 534. The molecule has 0 amide bonds. The molecule has 0 fully saturated rings. The zero-order valence-corrected chi connectivity index (χ0v) is 10.2. The maximum atomic E-state index is 12.9. The van der Waals surface area contributed by atoms with Crippen LogP contribution in [-0.2, 0) is 5.88 Å². The van der Waals surface area contributed by atoms with Crippen molar-refractivity contribution in [2.24, 2.45) is 0 Å². The molecule has 2 rings (SSSR count). The molecule has 0 N–H and O–H groups in total. The normalized spacial score (nSPS) is 10.3. The molecule has 0 aliphatic heterocycles. The van der Waals surface area contributed by atoms with E-state index in [1.54, 1.807) is 18.3 Å². The molecular formula is C12H8Cl2FNO. The first kappa shape index (κ1) is 12.1. The Kier molecular flexibility index (Phi) is 3.82. The topological polar surface area (TPSA) is 22.1 Å². The Morgan fingerprint density at radius 1 is 1.18 bits per heavy atom. The van der Waals surface area contributed by atoms with Crippen LogP contribution in [0.25, 0.3) is 0 Å². The lowest BCUT2D eigenvalue weighted by atomic mass is 10.3. The summed E-state index contributed by atoms with van der Waals surface area (Å²) in [6, 6.07) is 7.57. The van der Waals surface area contributed by atoms with Crippen LogP contribution in [0.15, 0.2) is 36.5 Å². The van der Waals surface area contributed by atoms with E-state index in [-0.39, 0.29) is 5.02 Å². The number of nitrogens with zero attached hydrogens (tertiary/aromatic N) is 1. The molecule has 0 radical (unpaired) electrons. The highest BCUT2D eigenvalue weighted by Gasteiger charge is 2.03. The van der Waals surface area contributed by atoms with Crippen LogP contribution in [0.1, 0.15) is 5.69 Å². The molecule has 0 atom stereocenters. The third-order valence-electron chi connectivity index (χ3n) is 2.05. The van der Waals surface area contributed by atoms with Gasteiger partial charge in [0.15, 0.2) is 0 Å². The van der Waals surface area contributed by atoms with E-state index in [1.165, 1.54) is 18.2 Å². The van der Waals surface area contributed by atoms with Crippen LogP contribution in [0, 0.1) is 5.82 Å². The van der Waals surface area contributed by atoms with E-state index < -0.39 is 5.82 Å². The third-order valence-corrected chi connectivity index (χ3v) is 2.62. The van der Waals surface area contributed by atoms with Crippen LogP contribution in [0.2, 0.25) is 5.02 Å². The Balaban J connectivity index is 2.22. The summed E-state index contributed by atoms with van der Waals surface area (Å²) in [5, 5.41) is 0.0223. The summed E-state index contributed by atoms with van der Waals surface area (Å²) in [5.74, 6) is 0.873. The monoisotopic (exact) mass is 271 g/mol. The summed E-state index contributed by atoms with van der Waals surface area (Å²) in [6.45, 7) is 0. The van der Waals surface area contributed by atoms with Crippen molar-refractivity contribution in [1.29, 1.82) is 0 Å². The van der Waals surface area contributed by atoms with Gasteiger partial charge in [0.2, 0.25) is 0 Å². The maximum Gasteiger partial charge on any atom is 0.142 e. The Morgan fingerprint density at radius 2 is 1.94 bits per heavy atom. The Hall–Kier alpha value is -1.32. The molecule has 1 aromatic heterocycles. The maximum absolute atomic E-state index is 12.9. The van der Waals surface area contributed by atoms with Crippen LogP contribution < -0.4 is 4.74 Å². The third kappa shape index (κ3) is 3.08. The predicted molar refractivity (Wildman–Crippen MR) is 65.3 cm³/mol. The largest absolute Gasteiger partial charge is 0.457 e. The van der Waals surface area contributed by atoms with E-state index in [0.29, 0.717) is 23.1 Å². The molecule has 2 nitrogen and oxygen atoms in total. The lowest BCUT2D eigenvalue weighted by Crippen LogP contribution is -1.89. The van der Waals surface area contributed by atoms with Crippen LogP contribution in [0.5, 0.6) is 11.5 Å². The van der Waals surface area contributed by atoms with Crippen molar-refractivity contribution < 1.29 is 9.13 Å². The standard InChI is InChI=1S/C12H8Cl2FNO/c13-7-8-5-10(3-4-16-8)17-9-1-2-12(15)11(14)6-9/h1-6H,7H2. The van der Waals surface area contributed by atoms with Gasteiger partial charge in [-0.05, 0) is 18.2 Å². The number of ether oxygens (including phenoxy) is 1. The van der Waals surface area contributed by atoms with Gasteiger partial charge >= 0.3 is 0 Å². The van der Waals surface area contributed by atoms with E-state index in [1.807, 2.05) is 0 Å². The predicted octanol–water partition coefficient (Wildman–Crippen LogP) is 4.41. The molecule has 0 aliphatic carbocycles. The highest BCUT2D eigenvalue weighted by atomic mass is 35.5. The average molecular weight is 272 g/mol. The van der Waals surface area contributed by atoms with Gasteiger partial charge in [-0.2, -0.15) is 0 Å². The van der Waals surface area contributed by atoms with E-state index in [4.69, 9.17) is 27.9 Å². The molecule has 0 bridgehead atoms. The number of hydrogen-bond acceptors (Lipinski definition) is 2. The first-order chi connectivity index (χ1) is 8.19. The number of aromatic nitrogens is 1. The van der Waals surface area contributed by atoms with E-state index in [0.717, 1.165) is 0 Å². The van der Waals surface area contributed by atoms with Crippen LogP contribution in [0.3, 0.4) is 0 Å². The second kappa shape index (κ2) is 5.34. The van der Waals surface area contributed by atoms with Gasteiger partial charge in [0, 0.05) is 18.3 Å². The zero-order chi connectivity index (χ0) is 12.3. The molecule has 1 aromatic carbocycles. The summed E-state index contributed by atoms with van der Waals surface area (Å²) in [6.07, 6.45) is 1.60. The van der Waals surface area contributed by atoms with Crippen LogP contribution in [-0.4, -0.2) is 4.98 Å². The number of benzene rings is 1. The van der Waals surface area contributed by atoms with Crippen molar-refractivity contribution in [3.8, 4) is 11.5 Å². The summed E-state index contributed by atoms with van der Waals surface area (Å²) in [4.78, 5) is 4.03. The number of pyridine rings is 1. The Morgan fingerprint density at radius 3 is 2.65 bits per heavy atom. The van der Waals surface area contributed by atoms with Gasteiger partial charge < -0.3 is 4.74 Å². The molecule has 5 heteroatoms. The molecule has 2 aromatic rings. The van der Waals surface area contributed by atoms with Gasteiger partial charge in [0.05, 0.1) is 16.6 Å². The molecule has 0 saturated heterocycles. The van der Waals surface area contributed by atoms with Gasteiger partial charge in [0.25, 0.3) is 0 Å². The van der Waals surface area contributed by atoms with E-state index in [2.05, 4.69) is 4.98 Å². The quantitative estimate of drug-likeness (QED) is 0.772. The molecule has 0 aliphatic rings. The molecule has 0 spiro atoms. The zero-order valence-electron chi connectivity index (χ0n) is 8.66. The van der Waals surface area contributed by atoms with E-state index in [9.17, 15) is 4.39 Å². The van der Waals surface area contributed by atoms with Gasteiger partial charge in [0.1, 0.15) is 17.3 Å². The van der Waals surface area contributed by atoms with E-state index >= 15 is 0 Å². The molecular weight excluding hydrogens is 264 g/mol. The minimum absolute atomic E-state index is 0.0223. The SMILES string of the molecule is Fc1ccc(Oc2ccnc(CCl)c2)cc1Cl. The molecule has 0 saturated carbocycles. The average Bonchev–Trinajstić information content (AvgIpc) is 2.34. The number of hydrogen-bond donors (Lipinski definition) is 0. The van der Waals surface area contributed by atoms with Gasteiger partial charge in [-0.1, -0.05) is 11.6 Å². The number of alkyl halides is 1. The molecule has 88 valence electrons. The smallest absolute Gasteiger partial charge is 0.142 e. The fourth-order valence-electron chi connectivity index (χ4n) is 1.27. The van der Waals surface area contributed by atoms with Crippen molar-refractivity contribution in [1.82, 2.24) is 4.98 Å². The van der Waals surface area contributed by atoms with Crippen molar-refractivity contribution in [3.05, 3.63) is 53.1 Å². The molecule has 0 unspecified atom stereocenters. The first-order valence-electron chi connectivity index (χ1n) is 4.83. The van der Waals surface area contributed by atoms with Gasteiger partial charge in [-0.3, -0.25) is 4.98 Å². The molecule has 17 heavy (non-hydrogen) atoms. The molecule has 1 heterocycles. The minimum atomic E-state index is -0.477. The second-order valence-electron chi connectivity index (χ2n) is 3.29. The lowest BCUT2D eigenvalue weighted by Gasteiger charge is -2.06. The highest BCUT2D eigenvalue weighted by molar-refractivity contribution is 6.30. The van der Waals surface area contributed by atoms with Crippen molar-refractivity contribution in [3.63, 3.8) is 0 Å². The fraction of sp³-hybridized carbons (Fsp3) is 0.0833. The number of rotatable bonds is 3. The first-order valence-corrected chi connectivity index (χ1v) is 5.74. The summed E-state index contributed by atoms with van der Waals surface area (Å²) >= 11 is 11.3. The van der Waals surface area contributed by atoms with Crippen molar-refractivity contribution >= 4 is 23.2 Å². The van der Waals surface area contributed by atoms with Crippen LogP contribution >= 0.6 is 23.2 Å². The minimum Gasteiger partial charge on any atom is -0.457 e. The fourth-order valence-corrected chi connectivity index (χ4v) is 1.59. The second-order valence-corrected chi connectivity index (χ2v) is 3.97.